The van der Waals surface area contributed by atoms with Crippen LogP contribution in [0.4, 0.5) is 0 Å². The molecule has 1 saturated heterocycles. The second kappa shape index (κ2) is 5.61. The van der Waals surface area contributed by atoms with Crippen LogP contribution in [0.2, 0.25) is 0 Å². The first-order valence-electron chi connectivity index (χ1n) is 6.92. The molecule has 1 fully saturated rings. The predicted octanol–water partition coefficient (Wildman–Crippen LogP) is 3.72. The van der Waals surface area contributed by atoms with Crippen molar-refractivity contribution in [3.63, 3.8) is 0 Å². The Morgan fingerprint density at radius 3 is 2.52 bits per heavy atom. The first-order chi connectivity index (χ1) is 10.0. The molecule has 1 aliphatic rings. The number of ether oxygens (including phenoxy) is 1. The van der Waals surface area contributed by atoms with Crippen molar-refractivity contribution in [3.8, 4) is 5.75 Å². The van der Waals surface area contributed by atoms with E-state index in [-0.39, 0.29) is 16.5 Å². The number of benzene rings is 2. The van der Waals surface area contributed by atoms with Crippen molar-refractivity contribution in [2.45, 2.75) is 11.2 Å². The number of hydrogen-bond donors (Lipinski definition) is 0. The summed E-state index contributed by atoms with van der Waals surface area (Å²) in [5.41, 5.74) is 1.13. The number of alkyl halides is 1. The Kier molecular flexibility index (Phi) is 3.97. The van der Waals surface area contributed by atoms with Gasteiger partial charge in [-0.15, -0.1) is 0 Å². The monoisotopic (exact) mass is 368 g/mol. The number of hydrogen-bond acceptors (Lipinski definition) is 3. The zero-order valence-corrected chi connectivity index (χ0v) is 14.2. The topological polar surface area (TPSA) is 43.4 Å². The maximum absolute atomic E-state index is 11.7. The van der Waals surface area contributed by atoms with Gasteiger partial charge in [0.15, 0.2) is 9.84 Å². The van der Waals surface area contributed by atoms with Crippen molar-refractivity contribution in [3.05, 3.63) is 42.0 Å². The average Bonchev–Trinajstić information content (AvgIpc) is 2.85. The molecule has 0 radical (unpaired) electrons. The van der Waals surface area contributed by atoms with Gasteiger partial charge in [-0.2, -0.15) is 0 Å². The maximum atomic E-state index is 11.7. The van der Waals surface area contributed by atoms with Crippen molar-refractivity contribution in [2.24, 2.45) is 5.92 Å². The van der Waals surface area contributed by atoms with E-state index in [9.17, 15) is 8.42 Å². The molecular formula is C16H17BrO3S. The molecule has 21 heavy (non-hydrogen) atoms. The molecule has 2 unspecified atom stereocenters. The van der Waals surface area contributed by atoms with E-state index in [2.05, 4.69) is 22.0 Å². The molecule has 0 amide bonds. The maximum Gasteiger partial charge on any atom is 0.150 e. The van der Waals surface area contributed by atoms with Gasteiger partial charge in [0.25, 0.3) is 0 Å². The highest BCUT2D eigenvalue weighted by molar-refractivity contribution is 9.09. The lowest BCUT2D eigenvalue weighted by Gasteiger charge is -2.19. The third kappa shape index (κ3) is 2.81. The molecule has 2 aromatic rings. The Hall–Kier alpha value is -1.07. The van der Waals surface area contributed by atoms with Crippen LogP contribution in [0.3, 0.4) is 0 Å². The third-order valence-corrected chi connectivity index (χ3v) is 7.15. The fourth-order valence-electron chi connectivity index (χ4n) is 3.02. The third-order valence-electron chi connectivity index (χ3n) is 4.12. The van der Waals surface area contributed by atoms with Crippen molar-refractivity contribution in [1.29, 1.82) is 0 Å². The molecule has 0 saturated carbocycles. The van der Waals surface area contributed by atoms with Crippen LogP contribution in [0.1, 0.15) is 16.8 Å². The summed E-state index contributed by atoms with van der Waals surface area (Å²) >= 11 is 3.73. The molecule has 3 nitrogen and oxygen atoms in total. The lowest BCUT2D eigenvalue weighted by molar-refractivity contribution is 0.419. The van der Waals surface area contributed by atoms with Gasteiger partial charge in [0.1, 0.15) is 5.75 Å². The first kappa shape index (κ1) is 14.9. The Balaban J connectivity index is 2.05. The molecule has 112 valence electrons. The predicted molar refractivity (Wildman–Crippen MR) is 88.9 cm³/mol. The summed E-state index contributed by atoms with van der Waals surface area (Å²) in [4.78, 5) is 0.0468. The summed E-state index contributed by atoms with van der Waals surface area (Å²) in [6.45, 7) is 0. The minimum Gasteiger partial charge on any atom is -0.496 e. The Morgan fingerprint density at radius 2 is 1.90 bits per heavy atom. The number of fused-ring (bicyclic) bond motifs is 1. The zero-order chi connectivity index (χ0) is 15.0. The van der Waals surface area contributed by atoms with E-state index >= 15 is 0 Å². The highest BCUT2D eigenvalue weighted by Crippen LogP contribution is 2.42. The van der Waals surface area contributed by atoms with Gasteiger partial charge in [-0.3, -0.25) is 0 Å². The van der Waals surface area contributed by atoms with Crippen LogP contribution in [-0.2, 0) is 9.84 Å². The highest BCUT2D eigenvalue weighted by atomic mass is 79.9. The quantitative estimate of drug-likeness (QED) is 0.775. The van der Waals surface area contributed by atoms with E-state index in [4.69, 9.17) is 4.74 Å². The number of halogens is 1. The molecule has 3 rings (SSSR count). The highest BCUT2D eigenvalue weighted by Gasteiger charge is 2.33. The summed E-state index contributed by atoms with van der Waals surface area (Å²) in [6.07, 6.45) is 0.721. The van der Waals surface area contributed by atoms with Crippen LogP contribution >= 0.6 is 15.9 Å². The van der Waals surface area contributed by atoms with Crippen molar-refractivity contribution < 1.29 is 13.2 Å². The van der Waals surface area contributed by atoms with Gasteiger partial charge in [0.05, 0.1) is 18.6 Å². The van der Waals surface area contributed by atoms with Gasteiger partial charge in [-0.05, 0) is 29.4 Å². The molecule has 2 atom stereocenters. The van der Waals surface area contributed by atoms with Crippen molar-refractivity contribution >= 4 is 36.5 Å². The lowest BCUT2D eigenvalue weighted by Crippen LogP contribution is -2.10. The van der Waals surface area contributed by atoms with E-state index < -0.39 is 9.84 Å². The second-order valence-corrected chi connectivity index (χ2v) is 8.68. The van der Waals surface area contributed by atoms with Gasteiger partial charge in [-0.25, -0.2) is 8.42 Å². The summed E-state index contributed by atoms with van der Waals surface area (Å²) in [6, 6.07) is 12.1. The van der Waals surface area contributed by atoms with Crippen molar-refractivity contribution in [1.82, 2.24) is 0 Å². The van der Waals surface area contributed by atoms with E-state index in [1.807, 2.05) is 30.3 Å². The van der Waals surface area contributed by atoms with Gasteiger partial charge in [0, 0.05) is 10.2 Å². The van der Waals surface area contributed by atoms with Gasteiger partial charge in [-0.1, -0.05) is 46.3 Å². The van der Waals surface area contributed by atoms with Gasteiger partial charge < -0.3 is 4.74 Å². The van der Waals surface area contributed by atoms with E-state index in [1.165, 1.54) is 0 Å². The van der Waals surface area contributed by atoms with E-state index in [0.717, 1.165) is 28.5 Å². The molecule has 1 heterocycles. The molecular weight excluding hydrogens is 352 g/mol. The van der Waals surface area contributed by atoms with Crippen molar-refractivity contribution in [2.75, 3.05) is 18.6 Å². The smallest absolute Gasteiger partial charge is 0.150 e. The normalized spacial score (nSPS) is 22.3. The number of rotatable bonds is 3. The summed E-state index contributed by atoms with van der Waals surface area (Å²) in [5.74, 6) is 1.54. The minimum absolute atomic E-state index is 0.0468. The Labute approximate surface area is 133 Å². The minimum atomic E-state index is -2.87. The standard InChI is InChI=1S/C16H17BrO3S/c1-20-15-7-6-14(12-4-2-3-5-13(12)15)16(17)11-8-9-21(18,19)10-11/h2-7,11,16H,8-10H2,1H3. The van der Waals surface area contributed by atoms with E-state index in [0.29, 0.717) is 5.75 Å². The van der Waals surface area contributed by atoms with Crippen LogP contribution in [0.5, 0.6) is 5.75 Å². The summed E-state index contributed by atoms with van der Waals surface area (Å²) < 4.78 is 28.8. The van der Waals surface area contributed by atoms with Crippen LogP contribution in [0.15, 0.2) is 36.4 Å². The zero-order valence-electron chi connectivity index (χ0n) is 11.8. The van der Waals surface area contributed by atoms with E-state index in [1.54, 1.807) is 7.11 Å². The summed E-state index contributed by atoms with van der Waals surface area (Å²) in [5, 5.41) is 2.17. The first-order valence-corrected chi connectivity index (χ1v) is 9.65. The van der Waals surface area contributed by atoms with Gasteiger partial charge in [0.2, 0.25) is 0 Å². The molecule has 0 aliphatic carbocycles. The lowest BCUT2D eigenvalue weighted by atomic mass is 9.94. The van der Waals surface area contributed by atoms with Crippen LogP contribution in [-0.4, -0.2) is 27.0 Å². The summed E-state index contributed by atoms with van der Waals surface area (Å²) in [7, 11) is -1.21. The second-order valence-electron chi connectivity index (χ2n) is 5.47. The molecule has 0 aromatic heterocycles. The Morgan fingerprint density at radius 1 is 1.19 bits per heavy atom. The van der Waals surface area contributed by atoms with Crippen LogP contribution in [0, 0.1) is 5.92 Å². The fourth-order valence-corrected chi connectivity index (χ4v) is 5.96. The SMILES string of the molecule is COc1ccc(C(Br)C2CCS(=O)(=O)C2)c2ccccc12. The molecule has 2 aromatic carbocycles. The van der Waals surface area contributed by atoms with Crippen LogP contribution in [0.25, 0.3) is 10.8 Å². The molecule has 0 bridgehead atoms. The molecule has 0 N–H and O–H groups in total. The van der Waals surface area contributed by atoms with Gasteiger partial charge >= 0.3 is 0 Å². The number of sulfone groups is 1. The molecule has 0 spiro atoms. The molecule has 5 heteroatoms. The fraction of sp³-hybridized carbons (Fsp3) is 0.375. The molecule has 1 aliphatic heterocycles. The largest absolute Gasteiger partial charge is 0.496 e. The average molecular weight is 369 g/mol. The number of methoxy groups -OCH3 is 1. The van der Waals surface area contributed by atoms with Crippen LogP contribution < -0.4 is 4.74 Å². The Bertz CT molecular complexity index is 770.